The minimum atomic E-state index is -0.596. The number of nitrogens with one attached hydrogen (secondary N) is 1. The molecule has 0 bridgehead atoms. The molecule has 0 saturated carbocycles. The molecule has 0 radical (unpaired) electrons. The van der Waals surface area contributed by atoms with Crippen molar-refractivity contribution in [3.05, 3.63) is 22.4 Å². The first-order chi connectivity index (χ1) is 7.78. The number of rotatable bonds is 3. The van der Waals surface area contributed by atoms with Gasteiger partial charge in [0.2, 0.25) is 0 Å². The van der Waals surface area contributed by atoms with Crippen LogP contribution in [-0.2, 0) is 14.3 Å². The normalized spacial score (nSPS) is 11.1. The van der Waals surface area contributed by atoms with Gasteiger partial charge in [-0.1, -0.05) is 0 Å². The maximum absolute atomic E-state index is 11.4. The van der Waals surface area contributed by atoms with Crippen molar-refractivity contribution in [2.75, 3.05) is 6.61 Å². The molecule has 0 spiro atoms. The quantitative estimate of drug-likeness (QED) is 0.870. The van der Waals surface area contributed by atoms with Gasteiger partial charge in [-0.25, -0.2) is 9.59 Å². The Morgan fingerprint density at radius 3 is 2.53 bits per heavy atom. The number of aromatic nitrogens is 1. The predicted molar refractivity (Wildman–Crippen MR) is 64.6 cm³/mol. The number of hydrogen-bond acceptors (Lipinski definition) is 4. The first-order valence-corrected chi connectivity index (χ1v) is 5.80. The summed E-state index contributed by atoms with van der Waals surface area (Å²) in [6.45, 7) is 4.84. The maximum Gasteiger partial charge on any atom is 0.355 e. The Kier molecular flexibility index (Phi) is 4.34. The maximum atomic E-state index is 11.4. The van der Waals surface area contributed by atoms with E-state index in [1.165, 1.54) is 0 Å². The number of ether oxygens (including phenoxy) is 2. The summed E-state index contributed by atoms with van der Waals surface area (Å²) in [5.74, 6) is -1.17. The van der Waals surface area contributed by atoms with Gasteiger partial charge >= 0.3 is 11.9 Å². The van der Waals surface area contributed by atoms with Crippen molar-refractivity contribution < 1.29 is 19.1 Å². The van der Waals surface area contributed by atoms with Crippen LogP contribution >= 0.6 is 15.9 Å². The summed E-state index contributed by atoms with van der Waals surface area (Å²) in [5.41, 5.74) is -0.306. The molecular weight excluding hydrogens is 290 g/mol. The van der Waals surface area contributed by atoms with E-state index in [0.717, 1.165) is 4.47 Å². The Morgan fingerprint density at radius 2 is 2.06 bits per heavy atom. The summed E-state index contributed by atoms with van der Waals surface area (Å²) in [6.07, 6.45) is 1.60. The van der Waals surface area contributed by atoms with Gasteiger partial charge in [0.25, 0.3) is 0 Å². The molecule has 0 amide bonds. The Morgan fingerprint density at radius 1 is 1.41 bits per heavy atom. The van der Waals surface area contributed by atoms with Crippen LogP contribution in [0.4, 0.5) is 0 Å². The van der Waals surface area contributed by atoms with Gasteiger partial charge in [0.1, 0.15) is 11.3 Å². The molecule has 1 N–H and O–H groups in total. The smallest absolute Gasteiger partial charge is 0.355 e. The van der Waals surface area contributed by atoms with Crippen LogP contribution in [0.1, 0.15) is 31.3 Å². The topological polar surface area (TPSA) is 68.4 Å². The van der Waals surface area contributed by atoms with Crippen molar-refractivity contribution >= 4 is 27.9 Å². The molecular formula is C11H14BrNO4. The van der Waals surface area contributed by atoms with Gasteiger partial charge in [0.15, 0.2) is 6.61 Å². The predicted octanol–water partition coefficient (Wildman–Crippen LogP) is 2.28. The van der Waals surface area contributed by atoms with Crippen LogP contribution in [-0.4, -0.2) is 29.1 Å². The molecule has 0 aliphatic rings. The van der Waals surface area contributed by atoms with Crippen molar-refractivity contribution in [2.24, 2.45) is 0 Å². The zero-order valence-electron chi connectivity index (χ0n) is 9.87. The van der Waals surface area contributed by atoms with Gasteiger partial charge in [-0.3, -0.25) is 0 Å². The van der Waals surface area contributed by atoms with Crippen molar-refractivity contribution in [3.63, 3.8) is 0 Å². The molecule has 0 aliphatic heterocycles. The van der Waals surface area contributed by atoms with E-state index in [-0.39, 0.29) is 5.69 Å². The summed E-state index contributed by atoms with van der Waals surface area (Å²) in [6, 6.07) is 1.57. The molecule has 6 heteroatoms. The molecule has 0 saturated heterocycles. The van der Waals surface area contributed by atoms with E-state index in [1.54, 1.807) is 33.0 Å². The lowest BCUT2D eigenvalue weighted by atomic mass is 10.2. The minimum Gasteiger partial charge on any atom is -0.457 e. The van der Waals surface area contributed by atoms with E-state index in [9.17, 15) is 9.59 Å². The first kappa shape index (κ1) is 13.8. The summed E-state index contributed by atoms with van der Waals surface area (Å²) in [4.78, 5) is 25.4. The number of carbonyl (C=O) groups is 2. The van der Waals surface area contributed by atoms with Crippen molar-refractivity contribution in [2.45, 2.75) is 26.4 Å². The number of hydrogen-bond donors (Lipinski definition) is 1. The third kappa shape index (κ3) is 5.04. The van der Waals surface area contributed by atoms with Crippen LogP contribution < -0.4 is 0 Å². The lowest BCUT2D eigenvalue weighted by molar-refractivity contribution is -0.158. The SMILES string of the molecule is CC(C)(C)OC(=O)COC(=O)c1cc(Br)c[nH]1. The molecule has 94 valence electrons. The average Bonchev–Trinajstić information content (AvgIpc) is 2.58. The zero-order chi connectivity index (χ0) is 13.1. The molecule has 0 fully saturated rings. The molecule has 0 unspecified atom stereocenters. The van der Waals surface area contributed by atoms with Gasteiger partial charge in [0.05, 0.1) is 0 Å². The van der Waals surface area contributed by atoms with Gasteiger partial charge < -0.3 is 14.5 Å². The highest BCUT2D eigenvalue weighted by atomic mass is 79.9. The highest BCUT2D eigenvalue weighted by Gasteiger charge is 2.18. The standard InChI is InChI=1S/C11H14BrNO4/c1-11(2,3)17-9(14)6-16-10(15)8-4-7(12)5-13-8/h4-5,13H,6H2,1-3H3. The molecule has 5 nitrogen and oxygen atoms in total. The third-order valence-corrected chi connectivity index (χ3v) is 2.07. The van der Waals surface area contributed by atoms with Gasteiger partial charge in [-0.2, -0.15) is 0 Å². The number of halogens is 1. The molecule has 0 atom stereocenters. The van der Waals surface area contributed by atoms with Crippen molar-refractivity contribution in [1.29, 1.82) is 0 Å². The second kappa shape index (κ2) is 5.35. The van der Waals surface area contributed by atoms with Gasteiger partial charge in [0, 0.05) is 10.7 Å². The highest BCUT2D eigenvalue weighted by Crippen LogP contribution is 2.12. The van der Waals surface area contributed by atoms with E-state index < -0.39 is 24.1 Å². The second-order valence-electron chi connectivity index (χ2n) is 4.39. The minimum absolute atomic E-state index is 0.278. The largest absolute Gasteiger partial charge is 0.457 e. The van der Waals surface area contributed by atoms with E-state index >= 15 is 0 Å². The molecule has 17 heavy (non-hydrogen) atoms. The highest BCUT2D eigenvalue weighted by molar-refractivity contribution is 9.10. The molecule has 1 aromatic heterocycles. The fourth-order valence-electron chi connectivity index (χ4n) is 1.06. The third-order valence-electron chi connectivity index (χ3n) is 1.61. The van der Waals surface area contributed by atoms with E-state index in [2.05, 4.69) is 20.9 Å². The zero-order valence-corrected chi connectivity index (χ0v) is 11.5. The Labute approximate surface area is 108 Å². The molecule has 0 aromatic carbocycles. The Bertz CT molecular complexity index is 419. The van der Waals surface area contributed by atoms with E-state index in [0.29, 0.717) is 0 Å². The average molecular weight is 304 g/mol. The van der Waals surface area contributed by atoms with Crippen molar-refractivity contribution in [3.8, 4) is 0 Å². The number of carbonyl (C=O) groups excluding carboxylic acids is 2. The molecule has 0 aliphatic carbocycles. The molecule has 1 aromatic rings. The van der Waals surface area contributed by atoms with Crippen LogP contribution in [0.3, 0.4) is 0 Å². The molecule has 1 heterocycles. The lowest BCUT2D eigenvalue weighted by Gasteiger charge is -2.19. The lowest BCUT2D eigenvalue weighted by Crippen LogP contribution is -2.27. The summed E-state index contributed by atoms with van der Waals surface area (Å²) in [7, 11) is 0. The summed E-state index contributed by atoms with van der Waals surface area (Å²) in [5, 5.41) is 0. The second-order valence-corrected chi connectivity index (χ2v) is 5.31. The summed E-state index contributed by atoms with van der Waals surface area (Å²) < 4.78 is 10.5. The van der Waals surface area contributed by atoms with Crippen LogP contribution in [0.5, 0.6) is 0 Å². The summed E-state index contributed by atoms with van der Waals surface area (Å²) >= 11 is 3.19. The van der Waals surface area contributed by atoms with E-state index in [4.69, 9.17) is 9.47 Å². The number of esters is 2. The number of H-pyrrole nitrogens is 1. The van der Waals surface area contributed by atoms with Crippen LogP contribution in [0, 0.1) is 0 Å². The van der Waals surface area contributed by atoms with E-state index in [1.807, 2.05) is 0 Å². The molecule has 1 rings (SSSR count). The van der Waals surface area contributed by atoms with Crippen LogP contribution in [0.15, 0.2) is 16.7 Å². The van der Waals surface area contributed by atoms with Gasteiger partial charge in [-0.15, -0.1) is 0 Å². The number of aromatic amines is 1. The monoisotopic (exact) mass is 303 g/mol. The van der Waals surface area contributed by atoms with Crippen LogP contribution in [0.25, 0.3) is 0 Å². The van der Waals surface area contributed by atoms with Gasteiger partial charge in [-0.05, 0) is 42.8 Å². The fraction of sp³-hybridized carbons (Fsp3) is 0.455. The Hall–Kier alpha value is -1.30. The van der Waals surface area contributed by atoms with Crippen LogP contribution in [0.2, 0.25) is 0 Å². The first-order valence-electron chi connectivity index (χ1n) is 5.01. The van der Waals surface area contributed by atoms with Crippen molar-refractivity contribution in [1.82, 2.24) is 4.98 Å². The Balaban J connectivity index is 2.41. The fourth-order valence-corrected chi connectivity index (χ4v) is 1.40.